The molecule has 0 aromatic heterocycles. The third-order valence-corrected chi connectivity index (χ3v) is 2.43. The van der Waals surface area contributed by atoms with E-state index < -0.39 is 6.10 Å². The van der Waals surface area contributed by atoms with Crippen molar-refractivity contribution in [2.24, 2.45) is 5.73 Å². The van der Waals surface area contributed by atoms with Crippen molar-refractivity contribution in [2.45, 2.75) is 19.4 Å². The second kappa shape index (κ2) is 5.24. The Morgan fingerprint density at radius 3 is 2.73 bits per heavy atom. The molecule has 15 heavy (non-hydrogen) atoms. The highest BCUT2D eigenvalue weighted by atomic mass is 35.5. The van der Waals surface area contributed by atoms with Gasteiger partial charge >= 0.3 is 0 Å². The first kappa shape index (κ1) is 12.1. The minimum Gasteiger partial charge on any atom is -0.481 e. The van der Waals surface area contributed by atoms with Crippen LogP contribution in [-0.2, 0) is 0 Å². The van der Waals surface area contributed by atoms with Crippen molar-refractivity contribution in [1.29, 1.82) is 5.41 Å². The third kappa shape index (κ3) is 3.29. The molecule has 0 heterocycles. The summed E-state index contributed by atoms with van der Waals surface area (Å²) in [5.41, 5.74) is 5.37. The normalized spacial score (nSPS) is 12.2. The SMILES string of the molecule is CCC(Oc1cc(Cl)ccc1Cl)C(=N)N. The quantitative estimate of drug-likeness (QED) is 0.634. The van der Waals surface area contributed by atoms with Gasteiger partial charge in [0.15, 0.2) is 6.10 Å². The number of nitrogens with one attached hydrogen (secondary N) is 1. The smallest absolute Gasteiger partial charge is 0.155 e. The van der Waals surface area contributed by atoms with Crippen molar-refractivity contribution < 1.29 is 4.74 Å². The summed E-state index contributed by atoms with van der Waals surface area (Å²) in [6.45, 7) is 1.88. The van der Waals surface area contributed by atoms with E-state index in [-0.39, 0.29) is 5.84 Å². The fourth-order valence-electron chi connectivity index (χ4n) is 1.09. The molecule has 82 valence electrons. The molecule has 1 rings (SSSR count). The standard InChI is InChI=1S/C10H12Cl2N2O/c1-2-8(10(13)14)15-9-5-6(11)3-4-7(9)12/h3-5,8H,2H2,1H3,(H3,13,14). The van der Waals surface area contributed by atoms with Gasteiger partial charge in [-0.2, -0.15) is 0 Å². The van der Waals surface area contributed by atoms with Crippen molar-refractivity contribution >= 4 is 29.0 Å². The molecule has 0 amide bonds. The largest absolute Gasteiger partial charge is 0.481 e. The molecule has 5 heteroatoms. The van der Waals surface area contributed by atoms with Crippen LogP contribution < -0.4 is 10.5 Å². The van der Waals surface area contributed by atoms with E-state index in [1.165, 1.54) is 0 Å². The number of rotatable bonds is 4. The van der Waals surface area contributed by atoms with Gasteiger partial charge in [-0.15, -0.1) is 0 Å². The first-order valence-corrected chi connectivity index (χ1v) is 5.25. The predicted molar refractivity (Wildman–Crippen MR) is 63.1 cm³/mol. The summed E-state index contributed by atoms with van der Waals surface area (Å²) in [5.74, 6) is 0.430. The molecular weight excluding hydrogens is 235 g/mol. The highest BCUT2D eigenvalue weighted by Crippen LogP contribution is 2.28. The monoisotopic (exact) mass is 246 g/mol. The average Bonchev–Trinajstić information content (AvgIpc) is 2.18. The summed E-state index contributed by atoms with van der Waals surface area (Å²) < 4.78 is 5.47. The molecule has 0 spiro atoms. The molecule has 0 radical (unpaired) electrons. The minimum absolute atomic E-state index is 0.0199. The van der Waals surface area contributed by atoms with Crippen LogP contribution in [0.5, 0.6) is 5.75 Å². The molecule has 0 bridgehead atoms. The number of hydrogen-bond donors (Lipinski definition) is 2. The van der Waals surface area contributed by atoms with E-state index in [1.54, 1.807) is 18.2 Å². The first-order valence-electron chi connectivity index (χ1n) is 4.50. The summed E-state index contributed by atoms with van der Waals surface area (Å²) in [6, 6.07) is 4.92. The lowest BCUT2D eigenvalue weighted by Gasteiger charge is -2.16. The van der Waals surface area contributed by atoms with Crippen molar-refractivity contribution in [3.05, 3.63) is 28.2 Å². The molecule has 0 saturated heterocycles. The van der Waals surface area contributed by atoms with E-state index in [1.807, 2.05) is 6.92 Å². The van der Waals surface area contributed by atoms with Crippen LogP contribution in [0.4, 0.5) is 0 Å². The van der Waals surface area contributed by atoms with Crippen LogP contribution in [0.25, 0.3) is 0 Å². The molecule has 3 N–H and O–H groups in total. The summed E-state index contributed by atoms with van der Waals surface area (Å²) in [6.07, 6.45) is 0.152. The highest BCUT2D eigenvalue weighted by molar-refractivity contribution is 6.34. The lowest BCUT2D eigenvalue weighted by atomic mass is 10.2. The molecular formula is C10H12Cl2N2O. The highest BCUT2D eigenvalue weighted by Gasteiger charge is 2.13. The van der Waals surface area contributed by atoms with Crippen molar-refractivity contribution in [2.75, 3.05) is 0 Å². The van der Waals surface area contributed by atoms with Gasteiger partial charge in [0, 0.05) is 11.1 Å². The molecule has 1 aromatic carbocycles. The lowest BCUT2D eigenvalue weighted by Crippen LogP contribution is -2.32. The number of ether oxygens (including phenoxy) is 1. The Hall–Kier alpha value is -0.930. The Kier molecular flexibility index (Phi) is 4.24. The first-order chi connectivity index (χ1) is 7.04. The van der Waals surface area contributed by atoms with Gasteiger partial charge in [0.25, 0.3) is 0 Å². The summed E-state index contributed by atoms with van der Waals surface area (Å²) in [7, 11) is 0. The average molecular weight is 247 g/mol. The van der Waals surface area contributed by atoms with Crippen molar-refractivity contribution in [1.82, 2.24) is 0 Å². The van der Waals surface area contributed by atoms with E-state index >= 15 is 0 Å². The zero-order chi connectivity index (χ0) is 11.4. The van der Waals surface area contributed by atoms with Crippen LogP contribution in [0.3, 0.4) is 0 Å². The Morgan fingerprint density at radius 2 is 2.20 bits per heavy atom. The zero-order valence-electron chi connectivity index (χ0n) is 8.26. The maximum atomic E-state index is 7.30. The van der Waals surface area contributed by atoms with Gasteiger partial charge in [-0.05, 0) is 18.6 Å². The minimum atomic E-state index is -0.457. The fourth-order valence-corrected chi connectivity index (χ4v) is 1.41. The number of hydrogen-bond acceptors (Lipinski definition) is 2. The topological polar surface area (TPSA) is 59.1 Å². The predicted octanol–water partition coefficient (Wildman–Crippen LogP) is 3.09. The molecule has 0 fully saturated rings. The number of amidine groups is 1. The Labute approximate surface area is 98.6 Å². The van der Waals surface area contributed by atoms with E-state index in [2.05, 4.69) is 0 Å². The van der Waals surface area contributed by atoms with E-state index in [9.17, 15) is 0 Å². The molecule has 0 saturated carbocycles. The van der Waals surface area contributed by atoms with Crippen molar-refractivity contribution in [3.8, 4) is 5.75 Å². The van der Waals surface area contributed by atoms with E-state index in [0.717, 1.165) is 0 Å². The van der Waals surface area contributed by atoms with Crippen molar-refractivity contribution in [3.63, 3.8) is 0 Å². The second-order valence-corrected chi connectivity index (χ2v) is 3.89. The molecule has 0 aliphatic heterocycles. The Bertz CT molecular complexity index is 368. The number of halogens is 2. The molecule has 1 atom stereocenters. The fraction of sp³-hybridized carbons (Fsp3) is 0.300. The molecule has 0 aliphatic carbocycles. The molecule has 0 aliphatic rings. The van der Waals surface area contributed by atoms with Crippen LogP contribution in [-0.4, -0.2) is 11.9 Å². The van der Waals surface area contributed by atoms with Gasteiger partial charge in [-0.1, -0.05) is 30.1 Å². The van der Waals surface area contributed by atoms with Crippen LogP contribution in [0.2, 0.25) is 10.0 Å². The number of benzene rings is 1. The van der Waals surface area contributed by atoms with Crippen LogP contribution in [0, 0.1) is 5.41 Å². The summed E-state index contributed by atoms with van der Waals surface area (Å²) in [4.78, 5) is 0. The van der Waals surface area contributed by atoms with Gasteiger partial charge < -0.3 is 10.5 Å². The Morgan fingerprint density at radius 1 is 1.53 bits per heavy atom. The number of nitrogens with two attached hydrogens (primary N) is 1. The summed E-state index contributed by atoms with van der Waals surface area (Å²) in [5, 5.41) is 8.29. The molecule has 1 unspecified atom stereocenters. The molecule has 3 nitrogen and oxygen atoms in total. The van der Waals surface area contributed by atoms with Gasteiger partial charge in [-0.25, -0.2) is 0 Å². The molecule has 1 aromatic rings. The van der Waals surface area contributed by atoms with E-state index in [0.29, 0.717) is 22.2 Å². The maximum Gasteiger partial charge on any atom is 0.155 e. The third-order valence-electron chi connectivity index (χ3n) is 1.88. The van der Waals surface area contributed by atoms with E-state index in [4.69, 9.17) is 39.1 Å². The Balaban J connectivity index is 2.87. The van der Waals surface area contributed by atoms with Crippen LogP contribution in [0.1, 0.15) is 13.3 Å². The van der Waals surface area contributed by atoms with Gasteiger partial charge in [0.2, 0.25) is 0 Å². The lowest BCUT2D eigenvalue weighted by molar-refractivity contribution is 0.260. The van der Waals surface area contributed by atoms with Crippen LogP contribution >= 0.6 is 23.2 Å². The van der Waals surface area contributed by atoms with Crippen LogP contribution in [0.15, 0.2) is 18.2 Å². The van der Waals surface area contributed by atoms with Gasteiger partial charge in [0.05, 0.1) is 5.02 Å². The van der Waals surface area contributed by atoms with Gasteiger partial charge in [-0.3, -0.25) is 5.41 Å². The maximum absolute atomic E-state index is 7.30. The zero-order valence-corrected chi connectivity index (χ0v) is 9.77. The van der Waals surface area contributed by atoms with Gasteiger partial charge in [0.1, 0.15) is 11.6 Å². The summed E-state index contributed by atoms with van der Waals surface area (Å²) >= 11 is 11.7. The second-order valence-electron chi connectivity index (χ2n) is 3.04.